The lowest BCUT2D eigenvalue weighted by molar-refractivity contribution is -0.140. The quantitative estimate of drug-likeness (QED) is 0.428. The molecule has 0 saturated heterocycles. The van der Waals surface area contributed by atoms with E-state index in [1.54, 1.807) is 36.0 Å². The van der Waals surface area contributed by atoms with E-state index in [1.165, 1.54) is 0 Å². The Morgan fingerprint density at radius 1 is 1.00 bits per heavy atom. The number of fused-ring (bicyclic) bond motifs is 2. The van der Waals surface area contributed by atoms with Crippen LogP contribution in [0.25, 0.3) is 21.8 Å². The molecule has 4 aromatic rings. The molecule has 0 aliphatic heterocycles. The first-order valence-corrected chi connectivity index (χ1v) is 11.3. The molecular weight excluding hydrogens is 443 g/mol. The number of nitrogens with one attached hydrogen (secondary N) is 2. The molecule has 1 amide bonds. The number of aromatic nitrogens is 3. The summed E-state index contributed by atoms with van der Waals surface area (Å²) in [5, 5.41) is 12.2. The van der Waals surface area contributed by atoms with Crippen LogP contribution >= 0.6 is 0 Å². The number of hydrogen-bond acceptors (Lipinski definition) is 4. The Balaban J connectivity index is 1.35. The van der Waals surface area contributed by atoms with Crippen molar-refractivity contribution in [1.82, 2.24) is 20.1 Å². The normalized spacial score (nSPS) is 18.8. The number of carbonyl (C=O) groups excluding carboxylic acids is 1. The van der Waals surface area contributed by atoms with Gasteiger partial charge in [-0.1, -0.05) is 36.4 Å². The highest BCUT2D eigenvalue weighted by molar-refractivity contribution is 6.05. The Hall–Kier alpha value is -3.62. The van der Waals surface area contributed by atoms with Crippen LogP contribution in [0.3, 0.4) is 0 Å². The fourth-order valence-corrected chi connectivity index (χ4v) is 4.78. The number of amides is 1. The van der Waals surface area contributed by atoms with Crippen LogP contribution in [-0.4, -0.2) is 32.8 Å². The van der Waals surface area contributed by atoms with Gasteiger partial charge in [0.15, 0.2) is 0 Å². The number of pyridine rings is 1. The van der Waals surface area contributed by atoms with Gasteiger partial charge in [0.1, 0.15) is 11.4 Å². The van der Waals surface area contributed by atoms with Crippen LogP contribution in [0.2, 0.25) is 0 Å². The van der Waals surface area contributed by atoms with Crippen molar-refractivity contribution >= 4 is 33.4 Å². The van der Waals surface area contributed by atoms with E-state index in [4.69, 9.17) is 0 Å². The summed E-state index contributed by atoms with van der Waals surface area (Å²) in [5.74, 6) is -0.199. The van der Waals surface area contributed by atoms with E-state index in [0.717, 1.165) is 36.2 Å². The summed E-state index contributed by atoms with van der Waals surface area (Å²) in [6.45, 7) is 0. The minimum Gasteiger partial charge on any atom is -0.382 e. The fraction of sp³-hybridized carbons (Fsp3) is 0.320. The van der Waals surface area contributed by atoms with Crippen molar-refractivity contribution in [2.75, 3.05) is 5.32 Å². The first-order valence-electron chi connectivity index (χ1n) is 11.3. The first-order chi connectivity index (χ1) is 16.3. The third kappa shape index (κ3) is 4.30. The molecule has 1 aliphatic rings. The second-order valence-corrected chi connectivity index (χ2v) is 8.74. The number of rotatable bonds is 4. The predicted octanol–water partition coefficient (Wildman–Crippen LogP) is 5.29. The molecule has 1 fully saturated rings. The summed E-state index contributed by atoms with van der Waals surface area (Å²) in [6.07, 6.45) is -1.46. The molecule has 0 radical (unpaired) electrons. The van der Waals surface area contributed by atoms with E-state index in [1.807, 2.05) is 24.3 Å². The van der Waals surface area contributed by atoms with Crippen molar-refractivity contribution in [1.29, 1.82) is 0 Å². The lowest BCUT2D eigenvalue weighted by Crippen LogP contribution is -2.42. The largest absolute Gasteiger partial charge is 0.433 e. The van der Waals surface area contributed by atoms with E-state index in [-0.39, 0.29) is 18.0 Å². The van der Waals surface area contributed by atoms with Gasteiger partial charge in [-0.3, -0.25) is 9.48 Å². The van der Waals surface area contributed by atoms with E-state index in [0.29, 0.717) is 28.7 Å². The number of benzene rings is 2. The number of para-hydroxylation sites is 1. The van der Waals surface area contributed by atoms with Gasteiger partial charge in [-0.2, -0.15) is 18.3 Å². The molecule has 1 aliphatic carbocycles. The van der Waals surface area contributed by atoms with Crippen molar-refractivity contribution in [2.45, 2.75) is 43.9 Å². The highest BCUT2D eigenvalue weighted by atomic mass is 19.4. The van der Waals surface area contributed by atoms with Crippen LogP contribution in [0.4, 0.5) is 18.9 Å². The molecule has 34 heavy (non-hydrogen) atoms. The maximum absolute atomic E-state index is 13.4. The number of nitrogens with zero attached hydrogens (tertiary/aromatic N) is 3. The molecule has 0 unspecified atom stereocenters. The van der Waals surface area contributed by atoms with Crippen LogP contribution in [0.5, 0.6) is 0 Å². The maximum atomic E-state index is 13.4. The van der Waals surface area contributed by atoms with Crippen molar-refractivity contribution < 1.29 is 18.0 Å². The third-order valence-corrected chi connectivity index (χ3v) is 6.33. The molecule has 2 heterocycles. The lowest BCUT2D eigenvalue weighted by Gasteiger charge is -2.31. The highest BCUT2D eigenvalue weighted by Crippen LogP contribution is 2.34. The summed E-state index contributed by atoms with van der Waals surface area (Å²) in [6, 6.07) is 15.2. The molecule has 5 rings (SSSR count). The zero-order chi connectivity index (χ0) is 23.9. The van der Waals surface area contributed by atoms with Crippen LogP contribution in [0.1, 0.15) is 41.9 Å². The molecule has 2 aromatic carbocycles. The molecule has 2 aromatic heterocycles. The second-order valence-electron chi connectivity index (χ2n) is 8.74. The number of aryl methyl sites for hydroxylation is 1. The number of hydrogen-bond donors (Lipinski definition) is 2. The Morgan fingerprint density at radius 2 is 1.68 bits per heavy atom. The predicted molar refractivity (Wildman–Crippen MR) is 125 cm³/mol. The van der Waals surface area contributed by atoms with Crippen molar-refractivity contribution in [2.24, 2.45) is 7.05 Å². The molecule has 9 heteroatoms. The minimum absolute atomic E-state index is 0.0748. The van der Waals surface area contributed by atoms with Gasteiger partial charge in [-0.15, -0.1) is 0 Å². The van der Waals surface area contributed by atoms with Crippen molar-refractivity contribution in [3.63, 3.8) is 0 Å². The van der Waals surface area contributed by atoms with Gasteiger partial charge in [-0.25, -0.2) is 4.98 Å². The summed E-state index contributed by atoms with van der Waals surface area (Å²) in [4.78, 5) is 16.9. The number of anilines is 1. The van der Waals surface area contributed by atoms with E-state index >= 15 is 0 Å². The zero-order valence-electron chi connectivity index (χ0n) is 18.6. The average molecular weight is 467 g/mol. The van der Waals surface area contributed by atoms with Crippen LogP contribution in [-0.2, 0) is 13.2 Å². The zero-order valence-corrected chi connectivity index (χ0v) is 18.6. The lowest BCUT2D eigenvalue weighted by atomic mass is 9.90. The Kier molecular flexibility index (Phi) is 5.63. The van der Waals surface area contributed by atoms with Crippen LogP contribution in [0.15, 0.2) is 54.6 Å². The Morgan fingerprint density at radius 3 is 2.44 bits per heavy atom. The van der Waals surface area contributed by atoms with Gasteiger partial charge in [0.05, 0.1) is 11.0 Å². The molecule has 0 bridgehead atoms. The average Bonchev–Trinajstić information content (AvgIpc) is 3.14. The number of halogens is 3. The van der Waals surface area contributed by atoms with Gasteiger partial charge in [0.25, 0.3) is 5.91 Å². The molecule has 6 nitrogen and oxygen atoms in total. The maximum Gasteiger partial charge on any atom is 0.433 e. The molecule has 2 N–H and O–H groups in total. The minimum atomic E-state index is -4.53. The Bertz CT molecular complexity index is 1360. The molecule has 0 spiro atoms. The van der Waals surface area contributed by atoms with Gasteiger partial charge in [0.2, 0.25) is 0 Å². The van der Waals surface area contributed by atoms with E-state index in [2.05, 4.69) is 20.7 Å². The summed E-state index contributed by atoms with van der Waals surface area (Å²) >= 11 is 0. The third-order valence-electron chi connectivity index (χ3n) is 6.33. The van der Waals surface area contributed by atoms with Crippen LogP contribution < -0.4 is 10.6 Å². The standard InChI is InChI=1S/C25H24F3N5O/c1-33-23(18-10-3-5-12-20(18)32-33)24(34)30-16-8-6-7-15(13-16)29-21-14-22(25(26,27)28)31-19-11-4-2-9-17(19)21/h2-5,9-12,14-16H,6-8,13H2,1H3,(H,29,31)(H,30,34)/t15-,16+/m0/s1. The van der Waals surface area contributed by atoms with Gasteiger partial charge in [0, 0.05) is 35.6 Å². The summed E-state index contributed by atoms with van der Waals surface area (Å²) in [5.41, 5.74) is 1.04. The van der Waals surface area contributed by atoms with Gasteiger partial charge < -0.3 is 10.6 Å². The van der Waals surface area contributed by atoms with Crippen LogP contribution in [0, 0.1) is 0 Å². The topological polar surface area (TPSA) is 71.8 Å². The van der Waals surface area contributed by atoms with E-state index < -0.39 is 11.9 Å². The second kappa shape index (κ2) is 8.62. The SMILES string of the molecule is Cn1nc2ccccc2c1C(=O)N[C@@H]1CCC[C@H](Nc2cc(C(F)(F)F)nc3ccccc23)C1. The Labute approximate surface area is 194 Å². The molecule has 2 atom stereocenters. The van der Waals surface area contributed by atoms with E-state index in [9.17, 15) is 18.0 Å². The molecule has 1 saturated carbocycles. The number of carbonyl (C=O) groups is 1. The highest BCUT2D eigenvalue weighted by Gasteiger charge is 2.34. The fourth-order valence-electron chi connectivity index (χ4n) is 4.78. The van der Waals surface area contributed by atoms with Crippen molar-refractivity contribution in [3.8, 4) is 0 Å². The summed E-state index contributed by atoms with van der Waals surface area (Å²) in [7, 11) is 1.74. The molecular formula is C25H24F3N5O. The number of alkyl halides is 3. The van der Waals surface area contributed by atoms with Gasteiger partial charge in [-0.05, 0) is 43.9 Å². The van der Waals surface area contributed by atoms with Gasteiger partial charge >= 0.3 is 6.18 Å². The summed E-state index contributed by atoms with van der Waals surface area (Å²) < 4.78 is 41.8. The monoisotopic (exact) mass is 467 g/mol. The smallest absolute Gasteiger partial charge is 0.382 e. The van der Waals surface area contributed by atoms with Crippen molar-refractivity contribution in [3.05, 3.63) is 66.0 Å². The first kappa shape index (κ1) is 22.2. The molecule has 176 valence electrons.